The molecule has 0 aliphatic heterocycles. The smallest absolute Gasteiger partial charge is 0.162 e. The number of carbonyl (C=O) groups is 1. The summed E-state index contributed by atoms with van der Waals surface area (Å²) in [5.74, 6) is 0.890. The van der Waals surface area contributed by atoms with Gasteiger partial charge in [-0.15, -0.1) is 0 Å². The predicted molar refractivity (Wildman–Crippen MR) is 77.3 cm³/mol. The number of hydrogen-bond acceptors (Lipinski definition) is 1. The Balaban J connectivity index is 2.79. The van der Waals surface area contributed by atoms with Crippen molar-refractivity contribution < 1.29 is 4.79 Å². The number of benzene rings is 1. The number of carbonyl (C=O) groups excluding carboxylic acids is 1. The molecule has 1 unspecified atom stereocenters. The Labute approximate surface area is 106 Å². The zero-order valence-electron chi connectivity index (χ0n) is 11.7. The van der Waals surface area contributed by atoms with Crippen molar-refractivity contribution in [2.24, 2.45) is 5.92 Å². The van der Waals surface area contributed by atoms with E-state index in [9.17, 15) is 4.79 Å². The molecule has 94 valence electrons. The van der Waals surface area contributed by atoms with Gasteiger partial charge in [-0.3, -0.25) is 4.79 Å². The van der Waals surface area contributed by atoms with Crippen LogP contribution in [-0.2, 0) is 0 Å². The molecule has 1 atom stereocenters. The average molecular weight is 248 g/mol. The van der Waals surface area contributed by atoms with Crippen molar-refractivity contribution in [2.45, 2.75) is 45.5 Å². The van der Waals surface area contributed by atoms with Gasteiger partial charge in [0, 0.05) is 20.1 Å². The van der Waals surface area contributed by atoms with Crippen LogP contribution in [0.3, 0.4) is 0 Å². The van der Waals surface area contributed by atoms with E-state index in [0.717, 1.165) is 5.56 Å². The van der Waals surface area contributed by atoms with Crippen LogP contribution in [0.2, 0.25) is 25.2 Å². The van der Waals surface area contributed by atoms with Crippen LogP contribution in [-0.4, -0.2) is 13.9 Å². The van der Waals surface area contributed by atoms with E-state index in [1.54, 1.807) is 0 Å². The minimum atomic E-state index is -1.27. The fourth-order valence-electron chi connectivity index (χ4n) is 2.48. The topological polar surface area (TPSA) is 17.1 Å². The maximum atomic E-state index is 12.2. The van der Waals surface area contributed by atoms with Gasteiger partial charge in [0.15, 0.2) is 5.78 Å². The fourth-order valence-corrected chi connectivity index (χ4v) is 5.28. The van der Waals surface area contributed by atoms with Gasteiger partial charge in [0.2, 0.25) is 0 Å². The molecule has 0 amide bonds. The molecule has 0 bridgehead atoms. The standard InChI is InChI=1S/C15H24OSi/c1-12(2)15(17(3,4)5)11-14(16)13-9-7-6-8-10-13/h6-10,12,15H,11H2,1-5H3. The molecule has 1 aromatic carbocycles. The molecule has 0 aromatic heterocycles. The normalized spacial score (nSPS) is 13.8. The van der Waals surface area contributed by atoms with Crippen LogP contribution in [0.4, 0.5) is 0 Å². The molecule has 0 radical (unpaired) electrons. The minimum Gasteiger partial charge on any atom is -0.294 e. The number of rotatable bonds is 5. The minimum absolute atomic E-state index is 0.298. The summed E-state index contributed by atoms with van der Waals surface area (Å²) in [6.45, 7) is 11.5. The molecule has 2 heteroatoms. The molecule has 17 heavy (non-hydrogen) atoms. The van der Waals surface area contributed by atoms with Crippen molar-refractivity contribution in [3.05, 3.63) is 35.9 Å². The molecule has 0 fully saturated rings. The Morgan fingerprint density at radius 2 is 1.65 bits per heavy atom. The van der Waals surface area contributed by atoms with Gasteiger partial charge in [0.05, 0.1) is 0 Å². The number of ketones is 1. The molecular weight excluding hydrogens is 224 g/mol. The number of hydrogen-bond donors (Lipinski definition) is 0. The Hall–Kier alpha value is -0.893. The van der Waals surface area contributed by atoms with E-state index in [-0.39, 0.29) is 0 Å². The Bertz CT molecular complexity index is 362. The van der Waals surface area contributed by atoms with Gasteiger partial charge in [-0.1, -0.05) is 63.8 Å². The van der Waals surface area contributed by atoms with Crippen LogP contribution in [0.15, 0.2) is 30.3 Å². The van der Waals surface area contributed by atoms with E-state index < -0.39 is 8.07 Å². The lowest BCUT2D eigenvalue weighted by molar-refractivity contribution is 0.0974. The molecule has 0 aliphatic carbocycles. The van der Waals surface area contributed by atoms with Crippen molar-refractivity contribution in [1.29, 1.82) is 0 Å². The maximum absolute atomic E-state index is 12.2. The first kappa shape index (κ1) is 14.2. The molecule has 1 nitrogen and oxygen atoms in total. The zero-order valence-corrected chi connectivity index (χ0v) is 12.7. The van der Waals surface area contributed by atoms with Crippen LogP contribution in [0.25, 0.3) is 0 Å². The third-order valence-electron chi connectivity index (χ3n) is 3.42. The lowest BCUT2D eigenvalue weighted by atomic mass is 10.0. The van der Waals surface area contributed by atoms with Gasteiger partial charge in [-0.25, -0.2) is 0 Å². The van der Waals surface area contributed by atoms with E-state index >= 15 is 0 Å². The quantitative estimate of drug-likeness (QED) is 0.549. The van der Waals surface area contributed by atoms with Gasteiger partial charge in [0.25, 0.3) is 0 Å². The van der Waals surface area contributed by atoms with Crippen LogP contribution in [0, 0.1) is 5.92 Å². The Morgan fingerprint density at radius 1 is 1.12 bits per heavy atom. The highest BCUT2D eigenvalue weighted by Crippen LogP contribution is 2.34. The highest BCUT2D eigenvalue weighted by atomic mass is 28.3. The summed E-state index contributed by atoms with van der Waals surface area (Å²) < 4.78 is 0. The second kappa shape index (κ2) is 5.63. The first-order valence-electron chi connectivity index (χ1n) is 6.40. The van der Waals surface area contributed by atoms with Crippen molar-refractivity contribution in [3.8, 4) is 0 Å². The van der Waals surface area contributed by atoms with E-state index in [4.69, 9.17) is 0 Å². The highest BCUT2D eigenvalue weighted by molar-refractivity contribution is 6.77. The summed E-state index contributed by atoms with van der Waals surface area (Å²) in [6, 6.07) is 9.67. The molecule has 0 spiro atoms. The molecule has 0 saturated carbocycles. The molecule has 0 saturated heterocycles. The average Bonchev–Trinajstić information content (AvgIpc) is 2.24. The fraction of sp³-hybridized carbons (Fsp3) is 0.533. The van der Waals surface area contributed by atoms with Gasteiger partial charge in [-0.2, -0.15) is 0 Å². The lowest BCUT2D eigenvalue weighted by Gasteiger charge is -2.31. The van der Waals surface area contributed by atoms with Crippen LogP contribution < -0.4 is 0 Å². The van der Waals surface area contributed by atoms with Gasteiger partial charge >= 0.3 is 0 Å². The van der Waals surface area contributed by atoms with Gasteiger partial charge < -0.3 is 0 Å². The van der Waals surface area contributed by atoms with Gasteiger partial charge in [0.1, 0.15) is 0 Å². The molecule has 0 heterocycles. The highest BCUT2D eigenvalue weighted by Gasteiger charge is 2.31. The van der Waals surface area contributed by atoms with E-state index in [1.807, 2.05) is 30.3 Å². The Kier molecular flexibility index (Phi) is 4.69. The van der Waals surface area contributed by atoms with Crippen molar-refractivity contribution in [2.75, 3.05) is 0 Å². The van der Waals surface area contributed by atoms with Gasteiger partial charge in [-0.05, 0) is 11.5 Å². The Morgan fingerprint density at radius 3 is 2.06 bits per heavy atom. The summed E-state index contributed by atoms with van der Waals surface area (Å²) in [7, 11) is -1.27. The largest absolute Gasteiger partial charge is 0.294 e. The van der Waals surface area contributed by atoms with E-state index in [2.05, 4.69) is 33.5 Å². The van der Waals surface area contributed by atoms with Crippen LogP contribution in [0.5, 0.6) is 0 Å². The SMILES string of the molecule is CC(C)C(CC(=O)c1ccccc1)[Si](C)(C)C. The molecule has 1 aromatic rings. The third kappa shape index (κ3) is 4.12. The molecule has 1 rings (SSSR count). The second-order valence-electron chi connectivity index (χ2n) is 6.21. The summed E-state index contributed by atoms with van der Waals surface area (Å²) >= 11 is 0. The predicted octanol–water partition coefficient (Wildman–Crippen LogP) is 4.62. The summed E-state index contributed by atoms with van der Waals surface area (Å²) in [5, 5.41) is 0. The lowest BCUT2D eigenvalue weighted by Crippen LogP contribution is -2.33. The van der Waals surface area contributed by atoms with Crippen molar-refractivity contribution >= 4 is 13.9 Å². The first-order valence-corrected chi connectivity index (χ1v) is 9.98. The number of Topliss-reactive ketones (excluding diaryl/α,β-unsaturated/α-hetero) is 1. The summed E-state index contributed by atoms with van der Waals surface area (Å²) in [5.41, 5.74) is 1.42. The summed E-state index contributed by atoms with van der Waals surface area (Å²) in [6.07, 6.45) is 0.706. The molecule has 0 aliphatic rings. The monoisotopic (exact) mass is 248 g/mol. The van der Waals surface area contributed by atoms with Crippen molar-refractivity contribution in [3.63, 3.8) is 0 Å². The van der Waals surface area contributed by atoms with E-state index in [0.29, 0.717) is 23.7 Å². The third-order valence-corrected chi connectivity index (χ3v) is 6.51. The van der Waals surface area contributed by atoms with Crippen LogP contribution in [0.1, 0.15) is 30.6 Å². The first-order chi connectivity index (χ1) is 7.82. The zero-order chi connectivity index (χ0) is 13.1. The maximum Gasteiger partial charge on any atom is 0.162 e. The van der Waals surface area contributed by atoms with E-state index in [1.165, 1.54) is 0 Å². The molecular formula is C15H24OSi. The second-order valence-corrected chi connectivity index (χ2v) is 11.7. The van der Waals surface area contributed by atoms with Crippen LogP contribution >= 0.6 is 0 Å². The summed E-state index contributed by atoms with van der Waals surface area (Å²) in [4.78, 5) is 12.2. The molecule has 0 N–H and O–H groups in total. The van der Waals surface area contributed by atoms with Crippen molar-refractivity contribution in [1.82, 2.24) is 0 Å².